The summed E-state index contributed by atoms with van der Waals surface area (Å²) in [5.41, 5.74) is 0.151. The monoisotopic (exact) mass is 317 g/mol. The number of rotatable bonds is 4. The van der Waals surface area contributed by atoms with E-state index in [0.717, 1.165) is 32.1 Å². The zero-order valence-electron chi connectivity index (χ0n) is 12.8. The van der Waals surface area contributed by atoms with E-state index < -0.39 is 5.60 Å². The van der Waals surface area contributed by atoms with E-state index in [0.29, 0.717) is 5.69 Å². The molecule has 1 aromatic heterocycles. The molecule has 0 saturated heterocycles. The van der Waals surface area contributed by atoms with Crippen LogP contribution in [0.4, 0.5) is 4.39 Å². The van der Waals surface area contributed by atoms with Crippen LogP contribution < -0.4 is 5.32 Å². The van der Waals surface area contributed by atoms with Crippen LogP contribution in [-0.4, -0.2) is 32.9 Å². The molecule has 1 heterocycles. The molecule has 1 aliphatic carbocycles. The first kappa shape index (κ1) is 15.7. The highest BCUT2D eigenvalue weighted by molar-refractivity contribution is 5.92. The number of aliphatic hydroxyl groups is 1. The van der Waals surface area contributed by atoms with Crippen LogP contribution >= 0.6 is 0 Å². The molecule has 6 heteroatoms. The zero-order valence-corrected chi connectivity index (χ0v) is 12.8. The molecular weight excluding hydrogens is 297 g/mol. The van der Waals surface area contributed by atoms with Crippen LogP contribution in [0.25, 0.3) is 5.69 Å². The second-order valence-corrected chi connectivity index (χ2v) is 6.09. The van der Waals surface area contributed by atoms with Crippen molar-refractivity contribution in [2.45, 2.75) is 37.7 Å². The highest BCUT2D eigenvalue weighted by Crippen LogP contribution is 2.27. The van der Waals surface area contributed by atoms with Gasteiger partial charge in [0.1, 0.15) is 5.82 Å². The maximum absolute atomic E-state index is 12.9. The molecular formula is C17H20FN3O2. The SMILES string of the molecule is O=C(NCC1(O)CCCCC1)c1ccn(-c2ccc(F)cc2)n1. The van der Waals surface area contributed by atoms with E-state index in [1.807, 2.05) is 0 Å². The van der Waals surface area contributed by atoms with Gasteiger partial charge >= 0.3 is 0 Å². The maximum Gasteiger partial charge on any atom is 0.271 e. The molecule has 1 amide bonds. The van der Waals surface area contributed by atoms with Gasteiger partial charge in [-0.2, -0.15) is 5.10 Å². The van der Waals surface area contributed by atoms with Gasteiger partial charge in [0.05, 0.1) is 11.3 Å². The number of benzene rings is 1. The van der Waals surface area contributed by atoms with E-state index in [1.54, 1.807) is 24.4 Å². The van der Waals surface area contributed by atoms with Crippen LogP contribution in [0.1, 0.15) is 42.6 Å². The third kappa shape index (κ3) is 3.76. The molecule has 3 rings (SSSR count). The first-order chi connectivity index (χ1) is 11.1. The summed E-state index contributed by atoms with van der Waals surface area (Å²) in [6.07, 6.45) is 6.21. The summed E-state index contributed by atoms with van der Waals surface area (Å²) in [7, 11) is 0. The first-order valence-electron chi connectivity index (χ1n) is 7.88. The van der Waals surface area contributed by atoms with Gasteiger partial charge in [0.2, 0.25) is 0 Å². The third-order valence-electron chi connectivity index (χ3n) is 4.28. The summed E-state index contributed by atoms with van der Waals surface area (Å²) in [4.78, 5) is 12.2. The Morgan fingerprint density at radius 2 is 1.91 bits per heavy atom. The van der Waals surface area contributed by atoms with Gasteiger partial charge in [-0.05, 0) is 43.2 Å². The number of aromatic nitrogens is 2. The summed E-state index contributed by atoms with van der Waals surface area (Å²) in [5, 5.41) is 17.4. The quantitative estimate of drug-likeness (QED) is 0.910. The highest BCUT2D eigenvalue weighted by Gasteiger charge is 2.29. The molecule has 0 radical (unpaired) electrons. The Labute approximate surface area is 134 Å². The molecule has 1 aromatic carbocycles. The van der Waals surface area contributed by atoms with Crippen LogP contribution in [0, 0.1) is 5.82 Å². The Bertz CT molecular complexity index is 675. The van der Waals surface area contributed by atoms with Gasteiger partial charge in [0.15, 0.2) is 5.69 Å². The summed E-state index contributed by atoms with van der Waals surface area (Å²) < 4.78 is 14.4. The molecule has 122 valence electrons. The number of amides is 1. The van der Waals surface area contributed by atoms with Gasteiger partial charge in [-0.1, -0.05) is 19.3 Å². The fraction of sp³-hybridized carbons (Fsp3) is 0.412. The minimum atomic E-state index is -0.798. The third-order valence-corrected chi connectivity index (χ3v) is 4.28. The second-order valence-electron chi connectivity index (χ2n) is 6.09. The van der Waals surface area contributed by atoms with Gasteiger partial charge in [-0.15, -0.1) is 0 Å². The van der Waals surface area contributed by atoms with Crippen molar-refractivity contribution < 1.29 is 14.3 Å². The molecule has 5 nitrogen and oxygen atoms in total. The van der Waals surface area contributed by atoms with Crippen molar-refractivity contribution >= 4 is 5.91 Å². The molecule has 2 N–H and O–H groups in total. The van der Waals surface area contributed by atoms with Crippen molar-refractivity contribution in [3.8, 4) is 5.69 Å². The van der Waals surface area contributed by atoms with E-state index in [1.165, 1.54) is 16.8 Å². The van der Waals surface area contributed by atoms with Crippen LogP contribution in [0.5, 0.6) is 0 Å². The Morgan fingerprint density at radius 3 is 2.61 bits per heavy atom. The predicted molar refractivity (Wildman–Crippen MR) is 83.9 cm³/mol. The lowest BCUT2D eigenvalue weighted by Gasteiger charge is -2.31. The van der Waals surface area contributed by atoms with Crippen molar-refractivity contribution in [2.75, 3.05) is 6.54 Å². The smallest absolute Gasteiger partial charge is 0.271 e. The lowest BCUT2D eigenvalue weighted by Crippen LogP contribution is -2.44. The Kier molecular flexibility index (Phi) is 4.43. The highest BCUT2D eigenvalue weighted by atomic mass is 19.1. The van der Waals surface area contributed by atoms with Gasteiger partial charge in [-0.25, -0.2) is 9.07 Å². The molecule has 23 heavy (non-hydrogen) atoms. The zero-order chi connectivity index (χ0) is 16.3. The number of hydrogen-bond donors (Lipinski definition) is 2. The topological polar surface area (TPSA) is 67.2 Å². The molecule has 1 fully saturated rings. The number of carbonyl (C=O) groups is 1. The van der Waals surface area contributed by atoms with Crippen LogP contribution in [0.15, 0.2) is 36.5 Å². The number of nitrogens with zero attached hydrogens (tertiary/aromatic N) is 2. The Hall–Kier alpha value is -2.21. The average Bonchev–Trinajstić information content (AvgIpc) is 3.04. The van der Waals surface area contributed by atoms with E-state index in [9.17, 15) is 14.3 Å². The molecule has 2 aromatic rings. The molecule has 0 atom stereocenters. The van der Waals surface area contributed by atoms with Crippen molar-refractivity contribution in [2.24, 2.45) is 0 Å². The van der Waals surface area contributed by atoms with Gasteiger partial charge in [0.25, 0.3) is 5.91 Å². The number of halogens is 1. The second kappa shape index (κ2) is 6.50. The van der Waals surface area contributed by atoms with Gasteiger partial charge < -0.3 is 10.4 Å². The average molecular weight is 317 g/mol. The lowest BCUT2D eigenvalue weighted by atomic mass is 9.85. The fourth-order valence-corrected chi connectivity index (χ4v) is 2.90. The van der Waals surface area contributed by atoms with E-state index >= 15 is 0 Å². The van der Waals surface area contributed by atoms with Crippen molar-refractivity contribution in [3.05, 3.63) is 48.0 Å². The first-order valence-corrected chi connectivity index (χ1v) is 7.88. The van der Waals surface area contributed by atoms with Crippen LogP contribution in [-0.2, 0) is 0 Å². The predicted octanol–water partition coefficient (Wildman–Crippen LogP) is 2.44. The maximum atomic E-state index is 12.9. The lowest BCUT2D eigenvalue weighted by molar-refractivity contribution is 0.00521. The largest absolute Gasteiger partial charge is 0.388 e. The molecule has 1 aliphatic rings. The number of nitrogens with one attached hydrogen (secondary N) is 1. The van der Waals surface area contributed by atoms with E-state index in [4.69, 9.17) is 0 Å². The van der Waals surface area contributed by atoms with Crippen LogP contribution in [0.3, 0.4) is 0 Å². The van der Waals surface area contributed by atoms with Gasteiger partial charge in [0, 0.05) is 12.7 Å². The van der Waals surface area contributed by atoms with Gasteiger partial charge in [-0.3, -0.25) is 4.79 Å². The van der Waals surface area contributed by atoms with E-state index in [2.05, 4.69) is 10.4 Å². The summed E-state index contributed by atoms with van der Waals surface area (Å²) >= 11 is 0. The number of hydrogen-bond acceptors (Lipinski definition) is 3. The van der Waals surface area contributed by atoms with Crippen molar-refractivity contribution in [1.29, 1.82) is 0 Å². The Morgan fingerprint density at radius 1 is 1.22 bits per heavy atom. The summed E-state index contributed by atoms with van der Waals surface area (Å²) in [6, 6.07) is 7.47. The normalized spacial score (nSPS) is 17.0. The summed E-state index contributed by atoms with van der Waals surface area (Å²) in [5.74, 6) is -0.635. The van der Waals surface area contributed by atoms with Crippen LogP contribution in [0.2, 0.25) is 0 Å². The number of carbonyl (C=O) groups excluding carboxylic acids is 1. The molecule has 0 spiro atoms. The Balaban J connectivity index is 1.63. The standard InChI is InChI=1S/C17H20FN3O2/c18-13-4-6-14(7-5-13)21-11-8-15(20-21)16(22)19-12-17(23)9-2-1-3-10-17/h4-8,11,23H,1-3,9-10,12H2,(H,19,22). The summed E-state index contributed by atoms with van der Waals surface area (Å²) in [6.45, 7) is 0.245. The molecule has 1 saturated carbocycles. The molecule has 0 unspecified atom stereocenters. The molecule has 0 bridgehead atoms. The minimum Gasteiger partial charge on any atom is -0.388 e. The molecule has 0 aliphatic heterocycles. The van der Waals surface area contributed by atoms with Crippen molar-refractivity contribution in [3.63, 3.8) is 0 Å². The minimum absolute atomic E-state index is 0.245. The van der Waals surface area contributed by atoms with E-state index in [-0.39, 0.29) is 24.0 Å². The fourth-order valence-electron chi connectivity index (χ4n) is 2.90. The van der Waals surface area contributed by atoms with Crippen molar-refractivity contribution in [1.82, 2.24) is 15.1 Å².